The first kappa shape index (κ1) is 26.6. The van der Waals surface area contributed by atoms with Crippen LogP contribution in [0.15, 0.2) is 70.0 Å². The van der Waals surface area contributed by atoms with Gasteiger partial charge >= 0.3 is 0 Å². The molecule has 35 heavy (non-hydrogen) atoms. The maximum Gasteiger partial charge on any atom is 0.264 e. The van der Waals surface area contributed by atoms with E-state index >= 15 is 0 Å². The van der Waals surface area contributed by atoms with Crippen molar-refractivity contribution in [2.45, 2.75) is 25.7 Å². The Balaban J connectivity index is 1.73. The van der Waals surface area contributed by atoms with Gasteiger partial charge in [-0.2, -0.15) is 0 Å². The second-order valence-electron chi connectivity index (χ2n) is 8.09. The summed E-state index contributed by atoms with van der Waals surface area (Å²) in [5.41, 5.74) is 3.66. The molecule has 0 atom stereocenters. The Bertz CT molecular complexity index is 1290. The number of hydrogen-bond donors (Lipinski definition) is 1. The lowest BCUT2D eigenvalue weighted by Gasteiger charge is -2.24. The average Bonchev–Trinajstić information content (AvgIpc) is 2.83. The molecule has 0 bridgehead atoms. The third kappa shape index (κ3) is 6.76. The number of hydrogen-bond acceptors (Lipinski definition) is 5. The van der Waals surface area contributed by atoms with Crippen LogP contribution in [0.4, 0.5) is 5.69 Å². The van der Waals surface area contributed by atoms with Gasteiger partial charge < -0.3 is 14.8 Å². The number of methoxy groups -OCH3 is 1. The quantitative estimate of drug-likeness (QED) is 0.361. The van der Waals surface area contributed by atoms with Gasteiger partial charge in [0, 0.05) is 0 Å². The highest BCUT2D eigenvalue weighted by Gasteiger charge is 2.28. The van der Waals surface area contributed by atoms with Crippen LogP contribution in [0, 0.1) is 20.8 Å². The lowest BCUT2D eigenvalue weighted by molar-refractivity contribution is -0.119. The highest BCUT2D eigenvalue weighted by molar-refractivity contribution is 9.10. The summed E-state index contributed by atoms with van der Waals surface area (Å²) in [7, 11) is -2.54. The normalized spacial score (nSPS) is 11.1. The molecule has 0 aromatic heterocycles. The van der Waals surface area contributed by atoms with Crippen molar-refractivity contribution in [3.05, 3.63) is 81.8 Å². The number of halogens is 1. The monoisotopic (exact) mass is 560 g/mol. The summed E-state index contributed by atoms with van der Waals surface area (Å²) in [6.45, 7) is 6.06. The van der Waals surface area contributed by atoms with Crippen LogP contribution >= 0.6 is 15.9 Å². The van der Waals surface area contributed by atoms with E-state index in [0.717, 1.165) is 21.2 Å². The standard InChI is InChI=1S/C26H29BrN2O5S/c1-18-5-8-21(9-6-18)29(35(31,32)23-11-12-25(33-4)24(27)16-23)17-26(30)28-13-14-34-22-10-7-19(2)20(3)15-22/h5-12,15-16H,13-14,17H2,1-4H3,(H,28,30). The number of rotatable bonds is 10. The molecule has 0 heterocycles. The van der Waals surface area contributed by atoms with Crippen molar-refractivity contribution in [1.82, 2.24) is 5.32 Å². The van der Waals surface area contributed by atoms with Crippen molar-refractivity contribution in [3.63, 3.8) is 0 Å². The molecule has 0 saturated carbocycles. The van der Waals surface area contributed by atoms with E-state index in [1.807, 2.05) is 39.0 Å². The van der Waals surface area contributed by atoms with Crippen molar-refractivity contribution in [3.8, 4) is 11.5 Å². The number of nitrogens with one attached hydrogen (secondary N) is 1. The molecule has 1 amide bonds. The van der Waals surface area contributed by atoms with Gasteiger partial charge in [0.25, 0.3) is 10.0 Å². The fraction of sp³-hybridized carbons (Fsp3) is 0.269. The summed E-state index contributed by atoms with van der Waals surface area (Å²) in [5.74, 6) is 0.786. The summed E-state index contributed by atoms with van der Waals surface area (Å²) >= 11 is 3.33. The molecule has 3 aromatic rings. The van der Waals surface area contributed by atoms with E-state index in [1.54, 1.807) is 30.3 Å². The highest BCUT2D eigenvalue weighted by atomic mass is 79.9. The van der Waals surface area contributed by atoms with Gasteiger partial charge in [0.1, 0.15) is 24.7 Å². The van der Waals surface area contributed by atoms with Crippen LogP contribution in [-0.2, 0) is 14.8 Å². The van der Waals surface area contributed by atoms with E-state index in [-0.39, 0.29) is 24.6 Å². The van der Waals surface area contributed by atoms with Gasteiger partial charge in [0.15, 0.2) is 0 Å². The first-order chi connectivity index (χ1) is 16.6. The molecule has 3 aromatic carbocycles. The van der Waals surface area contributed by atoms with Crippen LogP contribution in [0.3, 0.4) is 0 Å². The number of carbonyl (C=O) groups is 1. The first-order valence-electron chi connectivity index (χ1n) is 11.0. The van der Waals surface area contributed by atoms with Crippen molar-refractivity contribution >= 4 is 37.5 Å². The van der Waals surface area contributed by atoms with Gasteiger partial charge in [-0.05, 0) is 90.3 Å². The highest BCUT2D eigenvalue weighted by Crippen LogP contribution is 2.30. The smallest absolute Gasteiger partial charge is 0.264 e. The zero-order valence-corrected chi connectivity index (χ0v) is 22.6. The molecule has 0 fully saturated rings. The summed E-state index contributed by atoms with van der Waals surface area (Å²) in [5, 5.41) is 2.74. The van der Waals surface area contributed by atoms with Crippen LogP contribution in [-0.4, -0.2) is 41.1 Å². The molecule has 7 nitrogen and oxygen atoms in total. The van der Waals surface area contributed by atoms with E-state index in [1.165, 1.54) is 24.8 Å². The molecule has 0 aliphatic carbocycles. The number of nitrogens with zero attached hydrogens (tertiary/aromatic N) is 1. The van der Waals surface area contributed by atoms with E-state index in [2.05, 4.69) is 21.2 Å². The molecule has 0 unspecified atom stereocenters. The lowest BCUT2D eigenvalue weighted by atomic mass is 10.1. The molecule has 0 aliphatic rings. The SMILES string of the molecule is COc1ccc(S(=O)(=O)N(CC(=O)NCCOc2ccc(C)c(C)c2)c2ccc(C)cc2)cc1Br. The van der Waals surface area contributed by atoms with Crippen LogP contribution in [0.1, 0.15) is 16.7 Å². The summed E-state index contributed by atoms with van der Waals surface area (Å²) in [4.78, 5) is 12.8. The van der Waals surface area contributed by atoms with E-state index in [0.29, 0.717) is 15.9 Å². The molecular weight excluding hydrogens is 532 g/mol. The Morgan fingerprint density at radius 1 is 0.971 bits per heavy atom. The second-order valence-corrected chi connectivity index (χ2v) is 10.8. The number of benzene rings is 3. The summed E-state index contributed by atoms with van der Waals surface area (Å²) in [6.07, 6.45) is 0. The average molecular weight is 561 g/mol. The predicted octanol–water partition coefficient (Wildman–Crippen LogP) is 4.77. The molecule has 9 heteroatoms. The van der Waals surface area contributed by atoms with Crippen molar-refractivity contribution in [1.29, 1.82) is 0 Å². The fourth-order valence-electron chi connectivity index (χ4n) is 3.31. The number of anilines is 1. The number of ether oxygens (including phenoxy) is 2. The number of aryl methyl sites for hydroxylation is 3. The minimum absolute atomic E-state index is 0.0385. The first-order valence-corrected chi connectivity index (χ1v) is 13.2. The molecule has 0 spiro atoms. The summed E-state index contributed by atoms with van der Waals surface area (Å²) in [6, 6.07) is 17.2. The number of amides is 1. The minimum atomic E-state index is -4.04. The minimum Gasteiger partial charge on any atom is -0.496 e. The maximum atomic E-state index is 13.5. The number of sulfonamides is 1. The van der Waals surface area contributed by atoms with Gasteiger partial charge in [-0.3, -0.25) is 9.10 Å². The van der Waals surface area contributed by atoms with Crippen LogP contribution < -0.4 is 19.1 Å². The Morgan fingerprint density at radius 2 is 1.69 bits per heavy atom. The lowest BCUT2D eigenvalue weighted by Crippen LogP contribution is -2.42. The molecule has 0 saturated heterocycles. The maximum absolute atomic E-state index is 13.5. The Morgan fingerprint density at radius 3 is 2.31 bits per heavy atom. The van der Waals surface area contributed by atoms with E-state index < -0.39 is 15.9 Å². The zero-order valence-electron chi connectivity index (χ0n) is 20.2. The van der Waals surface area contributed by atoms with Gasteiger partial charge in [0.2, 0.25) is 5.91 Å². The third-order valence-corrected chi connectivity index (χ3v) is 7.88. The Kier molecular flexibility index (Phi) is 8.80. The van der Waals surface area contributed by atoms with Crippen LogP contribution in [0.2, 0.25) is 0 Å². The Labute approximate surface area is 215 Å². The van der Waals surface area contributed by atoms with Gasteiger partial charge in [0.05, 0.1) is 28.7 Å². The van der Waals surface area contributed by atoms with Crippen molar-refractivity contribution < 1.29 is 22.7 Å². The summed E-state index contributed by atoms with van der Waals surface area (Å²) < 4.78 is 39.6. The largest absolute Gasteiger partial charge is 0.496 e. The van der Waals surface area contributed by atoms with Crippen LogP contribution in [0.5, 0.6) is 11.5 Å². The molecule has 0 radical (unpaired) electrons. The van der Waals surface area contributed by atoms with Gasteiger partial charge in [-0.15, -0.1) is 0 Å². The topological polar surface area (TPSA) is 84.9 Å². The van der Waals surface area contributed by atoms with Crippen molar-refractivity contribution in [2.75, 3.05) is 31.1 Å². The fourth-order valence-corrected chi connectivity index (χ4v) is 5.45. The van der Waals surface area contributed by atoms with Gasteiger partial charge in [-0.1, -0.05) is 23.8 Å². The van der Waals surface area contributed by atoms with Crippen LogP contribution in [0.25, 0.3) is 0 Å². The van der Waals surface area contributed by atoms with Crippen molar-refractivity contribution in [2.24, 2.45) is 0 Å². The van der Waals surface area contributed by atoms with Gasteiger partial charge in [-0.25, -0.2) is 8.42 Å². The molecule has 1 N–H and O–H groups in total. The third-order valence-electron chi connectivity index (χ3n) is 5.49. The van der Waals surface area contributed by atoms with E-state index in [4.69, 9.17) is 9.47 Å². The predicted molar refractivity (Wildman–Crippen MR) is 141 cm³/mol. The molecule has 3 rings (SSSR count). The second kappa shape index (κ2) is 11.6. The zero-order chi connectivity index (χ0) is 25.6. The Hall–Kier alpha value is -3.04. The number of carbonyl (C=O) groups excluding carboxylic acids is 1. The van der Waals surface area contributed by atoms with E-state index in [9.17, 15) is 13.2 Å². The molecule has 0 aliphatic heterocycles. The molecule has 186 valence electrons. The molecular formula is C26H29BrN2O5S.